The summed E-state index contributed by atoms with van der Waals surface area (Å²) in [6.45, 7) is 0. The second-order valence-corrected chi connectivity index (χ2v) is 5.42. The molecule has 8 nitrogen and oxygen atoms in total. The van der Waals surface area contributed by atoms with Crippen LogP contribution >= 0.6 is 0 Å². The van der Waals surface area contributed by atoms with Gasteiger partial charge in [0.2, 0.25) is 11.6 Å². The van der Waals surface area contributed by atoms with Gasteiger partial charge in [-0.1, -0.05) is 36.4 Å². The lowest BCUT2D eigenvalue weighted by atomic mass is 9.86. The lowest BCUT2D eigenvalue weighted by molar-refractivity contribution is -0.529. The van der Waals surface area contributed by atoms with Crippen molar-refractivity contribution in [1.29, 1.82) is 0 Å². The van der Waals surface area contributed by atoms with Crippen LogP contribution in [0.15, 0.2) is 48.5 Å². The first-order chi connectivity index (χ1) is 11.4. The number of fused-ring (bicyclic) bond motifs is 1. The molecule has 120 valence electrons. The van der Waals surface area contributed by atoms with Gasteiger partial charge in [-0.05, 0) is 5.56 Å². The van der Waals surface area contributed by atoms with Crippen LogP contribution in [0.3, 0.4) is 0 Å². The Morgan fingerprint density at radius 3 is 1.75 bits per heavy atom. The highest BCUT2D eigenvalue weighted by Crippen LogP contribution is 2.35. The van der Waals surface area contributed by atoms with E-state index in [4.69, 9.17) is 0 Å². The molecule has 0 aromatic heterocycles. The molecule has 0 spiro atoms. The number of rotatable bonds is 4. The van der Waals surface area contributed by atoms with Gasteiger partial charge in [0.1, 0.15) is 0 Å². The van der Waals surface area contributed by atoms with Gasteiger partial charge in [0, 0.05) is 28.2 Å². The summed E-state index contributed by atoms with van der Waals surface area (Å²) in [5, 5.41) is 22.3. The van der Waals surface area contributed by atoms with E-state index < -0.39 is 33.4 Å². The van der Waals surface area contributed by atoms with E-state index >= 15 is 0 Å². The maximum Gasteiger partial charge on any atom is 0.349 e. The molecule has 1 aliphatic rings. The third kappa shape index (κ3) is 2.08. The van der Waals surface area contributed by atoms with E-state index in [9.17, 15) is 29.8 Å². The number of nitro groups is 2. The Morgan fingerprint density at radius 2 is 1.33 bits per heavy atom. The molecule has 0 saturated heterocycles. The van der Waals surface area contributed by atoms with Crippen molar-refractivity contribution < 1.29 is 19.4 Å². The van der Waals surface area contributed by atoms with E-state index in [1.807, 2.05) is 0 Å². The zero-order valence-electron chi connectivity index (χ0n) is 12.2. The SMILES string of the molecule is O=C1c2ccccc2C(=O)C1(Cc1ccc([N+](=O)[O-])cc1)[N+](=O)[O-]. The molecule has 0 radical (unpaired) electrons. The monoisotopic (exact) mass is 326 g/mol. The highest BCUT2D eigenvalue weighted by Gasteiger charge is 2.63. The number of nitro benzene ring substituents is 1. The summed E-state index contributed by atoms with van der Waals surface area (Å²) in [6.07, 6.45) is -0.454. The van der Waals surface area contributed by atoms with E-state index in [-0.39, 0.29) is 16.8 Å². The van der Waals surface area contributed by atoms with Crippen LogP contribution in [0, 0.1) is 20.2 Å². The maximum atomic E-state index is 12.6. The fraction of sp³-hybridized carbons (Fsp3) is 0.125. The number of nitrogens with zero attached hydrogens (tertiary/aromatic N) is 2. The Hall–Kier alpha value is -3.42. The van der Waals surface area contributed by atoms with Crippen molar-refractivity contribution in [2.45, 2.75) is 12.0 Å². The molecule has 24 heavy (non-hydrogen) atoms. The van der Waals surface area contributed by atoms with E-state index in [1.165, 1.54) is 48.5 Å². The van der Waals surface area contributed by atoms with Gasteiger partial charge in [-0.15, -0.1) is 0 Å². The third-order valence-corrected chi connectivity index (χ3v) is 4.09. The number of carbonyl (C=O) groups excluding carboxylic acids is 2. The van der Waals surface area contributed by atoms with E-state index in [0.29, 0.717) is 5.56 Å². The average Bonchev–Trinajstić information content (AvgIpc) is 2.78. The smallest absolute Gasteiger partial charge is 0.285 e. The van der Waals surface area contributed by atoms with Gasteiger partial charge in [-0.25, -0.2) is 0 Å². The van der Waals surface area contributed by atoms with Gasteiger partial charge >= 0.3 is 5.54 Å². The Kier molecular flexibility index (Phi) is 3.44. The van der Waals surface area contributed by atoms with Gasteiger partial charge in [-0.3, -0.25) is 29.8 Å². The quantitative estimate of drug-likeness (QED) is 0.482. The van der Waals surface area contributed by atoms with E-state index in [2.05, 4.69) is 0 Å². The molecule has 0 heterocycles. The van der Waals surface area contributed by atoms with Crippen LogP contribution in [0.4, 0.5) is 5.69 Å². The standard InChI is InChI=1S/C16H10N2O6/c19-14-12-3-1-2-4-13(12)15(20)16(14,18(23)24)9-10-5-7-11(8-6-10)17(21)22/h1-8H,9H2. The van der Waals surface area contributed by atoms with Crippen LogP contribution in [0.5, 0.6) is 0 Å². The second kappa shape index (κ2) is 5.34. The molecule has 1 aliphatic carbocycles. The van der Waals surface area contributed by atoms with E-state index in [0.717, 1.165) is 0 Å². The van der Waals surface area contributed by atoms with Crippen LogP contribution in [-0.2, 0) is 6.42 Å². The Balaban J connectivity index is 2.05. The Labute approximate surface area is 135 Å². The topological polar surface area (TPSA) is 120 Å². The number of non-ortho nitro benzene ring substituents is 1. The molecule has 0 fully saturated rings. The summed E-state index contributed by atoms with van der Waals surface area (Å²) in [5.74, 6) is -1.71. The fourth-order valence-corrected chi connectivity index (χ4v) is 2.85. The molecule has 8 heteroatoms. The molecule has 0 aliphatic heterocycles. The molecule has 0 N–H and O–H groups in total. The summed E-state index contributed by atoms with van der Waals surface area (Å²) in [4.78, 5) is 46.0. The molecule has 2 aromatic rings. The van der Waals surface area contributed by atoms with Crippen LogP contribution in [-0.4, -0.2) is 27.0 Å². The highest BCUT2D eigenvalue weighted by atomic mass is 16.6. The van der Waals surface area contributed by atoms with Gasteiger partial charge < -0.3 is 0 Å². The van der Waals surface area contributed by atoms with Crippen molar-refractivity contribution in [3.05, 3.63) is 85.4 Å². The van der Waals surface area contributed by atoms with Crippen molar-refractivity contribution in [1.82, 2.24) is 0 Å². The molecule has 0 bridgehead atoms. The summed E-state index contributed by atoms with van der Waals surface area (Å²) in [5.41, 5.74) is -2.24. The fourth-order valence-electron chi connectivity index (χ4n) is 2.85. The maximum absolute atomic E-state index is 12.6. The van der Waals surface area contributed by atoms with Gasteiger partial charge in [0.15, 0.2) is 0 Å². The van der Waals surface area contributed by atoms with Crippen molar-refractivity contribution in [2.75, 3.05) is 0 Å². The largest absolute Gasteiger partial charge is 0.349 e. The summed E-state index contributed by atoms with van der Waals surface area (Å²) >= 11 is 0. The lowest BCUT2D eigenvalue weighted by Crippen LogP contribution is -2.51. The molecular weight excluding hydrogens is 316 g/mol. The number of hydrogen-bond donors (Lipinski definition) is 0. The molecule has 3 rings (SSSR count). The van der Waals surface area contributed by atoms with E-state index in [1.54, 1.807) is 0 Å². The Morgan fingerprint density at radius 1 is 0.833 bits per heavy atom. The second-order valence-electron chi connectivity index (χ2n) is 5.42. The number of ketones is 2. The number of Topliss-reactive ketones (excluding diaryl/α,β-unsaturated/α-hetero) is 2. The van der Waals surface area contributed by atoms with Gasteiger partial charge in [0.25, 0.3) is 5.69 Å². The molecular formula is C16H10N2O6. The van der Waals surface area contributed by atoms with Crippen LogP contribution in [0.1, 0.15) is 26.3 Å². The molecule has 0 unspecified atom stereocenters. The minimum absolute atomic E-state index is 0.0288. The first-order valence-corrected chi connectivity index (χ1v) is 6.94. The third-order valence-electron chi connectivity index (χ3n) is 4.09. The predicted molar refractivity (Wildman–Crippen MR) is 81.6 cm³/mol. The summed E-state index contributed by atoms with van der Waals surface area (Å²) in [6, 6.07) is 10.8. The molecule has 2 aromatic carbocycles. The molecule has 0 saturated carbocycles. The van der Waals surface area contributed by atoms with Crippen molar-refractivity contribution in [3.63, 3.8) is 0 Å². The van der Waals surface area contributed by atoms with Gasteiger partial charge in [0.05, 0.1) is 11.3 Å². The van der Waals surface area contributed by atoms with Crippen molar-refractivity contribution in [3.8, 4) is 0 Å². The van der Waals surface area contributed by atoms with Crippen LogP contribution in [0.25, 0.3) is 0 Å². The first-order valence-electron chi connectivity index (χ1n) is 6.94. The zero-order chi connectivity index (χ0) is 17.5. The van der Waals surface area contributed by atoms with Crippen molar-refractivity contribution in [2.24, 2.45) is 0 Å². The summed E-state index contributed by atoms with van der Waals surface area (Å²) < 4.78 is 0. The van der Waals surface area contributed by atoms with Crippen LogP contribution in [0.2, 0.25) is 0 Å². The summed E-state index contributed by atoms with van der Waals surface area (Å²) in [7, 11) is 0. The molecule has 0 atom stereocenters. The zero-order valence-corrected chi connectivity index (χ0v) is 12.2. The first kappa shape index (κ1) is 15.5. The highest BCUT2D eigenvalue weighted by molar-refractivity contribution is 6.32. The molecule has 0 amide bonds. The average molecular weight is 326 g/mol. The number of carbonyl (C=O) groups is 2. The predicted octanol–water partition coefficient (Wildman–Crippen LogP) is 2.23. The number of hydrogen-bond acceptors (Lipinski definition) is 6. The normalized spacial score (nSPS) is 15.2. The minimum Gasteiger partial charge on any atom is -0.285 e. The van der Waals surface area contributed by atoms with Crippen molar-refractivity contribution >= 4 is 17.3 Å². The van der Waals surface area contributed by atoms with Crippen LogP contribution < -0.4 is 0 Å². The Bertz CT molecular complexity index is 853. The van der Waals surface area contributed by atoms with Gasteiger partial charge in [-0.2, -0.15) is 0 Å². The minimum atomic E-state index is -2.42. The number of benzene rings is 2. The lowest BCUT2D eigenvalue weighted by Gasteiger charge is -2.16.